The molecular formula is C14H16N3O3S+. The van der Waals surface area contributed by atoms with Crippen LogP contribution in [0.2, 0.25) is 0 Å². The number of likely N-dealkylation sites (N-methyl/N-ethyl adjacent to an activating group) is 1. The van der Waals surface area contributed by atoms with Gasteiger partial charge in [-0.1, -0.05) is 12.1 Å². The number of amides is 1. The summed E-state index contributed by atoms with van der Waals surface area (Å²) in [6, 6.07) is 9.95. The molecule has 2 aromatic rings. The normalized spacial score (nSPS) is 11.9. The first-order valence-corrected chi connectivity index (χ1v) is 7.30. The Balaban J connectivity index is 1.89. The van der Waals surface area contributed by atoms with E-state index < -0.39 is 4.92 Å². The zero-order valence-corrected chi connectivity index (χ0v) is 12.4. The minimum atomic E-state index is -0.482. The van der Waals surface area contributed by atoms with Crippen LogP contribution in [0.25, 0.3) is 0 Å². The van der Waals surface area contributed by atoms with Gasteiger partial charge in [-0.25, -0.2) is 0 Å². The van der Waals surface area contributed by atoms with Crippen molar-refractivity contribution in [3.8, 4) is 0 Å². The average Bonchev–Trinajstić information content (AvgIpc) is 2.91. The highest BCUT2D eigenvalue weighted by molar-refractivity contribution is 7.09. The first-order chi connectivity index (χ1) is 10.0. The third-order valence-electron chi connectivity index (χ3n) is 2.86. The van der Waals surface area contributed by atoms with Gasteiger partial charge in [0.2, 0.25) is 0 Å². The lowest BCUT2D eigenvalue weighted by Crippen LogP contribution is -3.08. The van der Waals surface area contributed by atoms with Gasteiger partial charge in [-0.15, -0.1) is 11.3 Å². The maximum absolute atomic E-state index is 11.9. The highest BCUT2D eigenvalue weighted by atomic mass is 32.1. The molecule has 2 rings (SSSR count). The molecule has 0 aliphatic carbocycles. The molecule has 0 spiro atoms. The van der Waals surface area contributed by atoms with Crippen molar-refractivity contribution in [2.24, 2.45) is 0 Å². The Morgan fingerprint density at radius 2 is 2.19 bits per heavy atom. The summed E-state index contributed by atoms with van der Waals surface area (Å²) in [5.74, 6) is -0.162. The second-order valence-corrected chi connectivity index (χ2v) is 5.78. The first-order valence-electron chi connectivity index (χ1n) is 6.42. The molecule has 110 valence electrons. The molecule has 1 unspecified atom stereocenters. The Hall–Kier alpha value is -2.25. The Kier molecular flexibility index (Phi) is 5.02. The van der Waals surface area contributed by atoms with Crippen LogP contribution in [0.15, 0.2) is 41.8 Å². The van der Waals surface area contributed by atoms with Gasteiger partial charge in [0.25, 0.3) is 11.6 Å². The number of nitro benzene ring substituents is 1. The van der Waals surface area contributed by atoms with Gasteiger partial charge in [-0.2, -0.15) is 0 Å². The molecule has 1 aromatic carbocycles. The summed E-state index contributed by atoms with van der Waals surface area (Å²) in [4.78, 5) is 24.4. The van der Waals surface area contributed by atoms with Crippen LogP contribution < -0.4 is 10.2 Å². The molecule has 1 aromatic heterocycles. The topological polar surface area (TPSA) is 76.7 Å². The van der Waals surface area contributed by atoms with E-state index in [1.807, 2.05) is 24.6 Å². The number of thiophene rings is 1. The molecule has 0 bridgehead atoms. The van der Waals surface area contributed by atoms with Crippen LogP contribution in [-0.4, -0.2) is 24.4 Å². The van der Waals surface area contributed by atoms with Gasteiger partial charge in [0, 0.05) is 17.8 Å². The van der Waals surface area contributed by atoms with Crippen LogP contribution in [0.5, 0.6) is 0 Å². The number of nitro groups is 1. The van der Waals surface area contributed by atoms with E-state index in [0.29, 0.717) is 12.2 Å². The van der Waals surface area contributed by atoms with Gasteiger partial charge in [-0.05, 0) is 17.5 Å². The zero-order chi connectivity index (χ0) is 15.2. The van der Waals surface area contributed by atoms with Crippen molar-refractivity contribution in [1.82, 2.24) is 0 Å². The second-order valence-electron chi connectivity index (χ2n) is 4.75. The highest BCUT2D eigenvalue weighted by Crippen LogP contribution is 2.16. The third kappa shape index (κ3) is 4.66. The quantitative estimate of drug-likeness (QED) is 0.624. The smallest absolute Gasteiger partial charge is 0.279 e. The molecule has 1 atom stereocenters. The van der Waals surface area contributed by atoms with Crippen molar-refractivity contribution in [3.63, 3.8) is 0 Å². The number of rotatable bonds is 6. The predicted octanol–water partition coefficient (Wildman–Crippen LogP) is 1.31. The predicted molar refractivity (Wildman–Crippen MR) is 81.5 cm³/mol. The SMILES string of the molecule is C[NH+](CC(=O)Nc1cccc([N+](=O)[O-])c1)Cc1cccs1. The van der Waals surface area contributed by atoms with Gasteiger partial charge >= 0.3 is 0 Å². The maximum Gasteiger partial charge on any atom is 0.279 e. The molecule has 0 fully saturated rings. The van der Waals surface area contributed by atoms with E-state index in [1.54, 1.807) is 23.5 Å². The molecule has 0 saturated heterocycles. The molecular weight excluding hydrogens is 290 g/mol. The number of anilines is 1. The number of carbonyl (C=O) groups excluding carboxylic acids is 1. The van der Waals surface area contributed by atoms with Gasteiger partial charge in [0.1, 0.15) is 6.54 Å². The van der Waals surface area contributed by atoms with Crippen LogP contribution >= 0.6 is 11.3 Å². The molecule has 1 heterocycles. The second kappa shape index (κ2) is 6.96. The maximum atomic E-state index is 11.9. The number of benzene rings is 1. The molecule has 1 amide bonds. The Morgan fingerprint density at radius 1 is 1.38 bits per heavy atom. The van der Waals surface area contributed by atoms with Crippen LogP contribution in [0.4, 0.5) is 11.4 Å². The Bertz CT molecular complexity index is 628. The summed E-state index contributed by atoms with van der Waals surface area (Å²) in [6.07, 6.45) is 0. The fourth-order valence-electron chi connectivity index (χ4n) is 1.95. The van der Waals surface area contributed by atoms with Crippen LogP contribution in [-0.2, 0) is 11.3 Å². The fraction of sp³-hybridized carbons (Fsp3) is 0.214. The summed E-state index contributed by atoms with van der Waals surface area (Å²) in [6.45, 7) is 1.08. The molecule has 7 heteroatoms. The summed E-state index contributed by atoms with van der Waals surface area (Å²) >= 11 is 1.66. The first kappa shape index (κ1) is 15.1. The van der Waals surface area contributed by atoms with E-state index in [9.17, 15) is 14.9 Å². The van der Waals surface area contributed by atoms with Gasteiger partial charge in [0.05, 0.1) is 16.8 Å². The molecule has 0 radical (unpaired) electrons. The minimum absolute atomic E-state index is 0.0351. The number of non-ortho nitro benzene ring substituents is 1. The van der Waals surface area contributed by atoms with Gasteiger partial charge < -0.3 is 10.2 Å². The monoisotopic (exact) mass is 306 g/mol. The van der Waals surface area contributed by atoms with E-state index >= 15 is 0 Å². The third-order valence-corrected chi connectivity index (χ3v) is 3.74. The Morgan fingerprint density at radius 3 is 2.86 bits per heavy atom. The van der Waals surface area contributed by atoms with Crippen molar-refractivity contribution in [2.45, 2.75) is 6.54 Å². The molecule has 2 N–H and O–H groups in total. The van der Waals surface area contributed by atoms with E-state index in [4.69, 9.17) is 0 Å². The summed E-state index contributed by atoms with van der Waals surface area (Å²) in [5.41, 5.74) is 0.408. The lowest BCUT2D eigenvalue weighted by Gasteiger charge is -2.12. The van der Waals surface area contributed by atoms with Crippen molar-refractivity contribution in [3.05, 3.63) is 56.8 Å². The Labute approximate surface area is 126 Å². The van der Waals surface area contributed by atoms with Crippen LogP contribution in [0.3, 0.4) is 0 Å². The number of nitrogens with zero attached hydrogens (tertiary/aromatic N) is 1. The fourth-order valence-corrected chi connectivity index (χ4v) is 2.77. The number of carbonyl (C=O) groups is 1. The lowest BCUT2D eigenvalue weighted by atomic mass is 10.3. The molecule has 6 nitrogen and oxygen atoms in total. The molecule has 0 aliphatic heterocycles. The average molecular weight is 306 g/mol. The van der Waals surface area contributed by atoms with Crippen LogP contribution in [0.1, 0.15) is 4.88 Å². The lowest BCUT2D eigenvalue weighted by molar-refractivity contribution is -0.884. The molecule has 0 aliphatic rings. The van der Waals surface area contributed by atoms with Crippen molar-refractivity contribution in [1.29, 1.82) is 0 Å². The molecule has 0 saturated carbocycles. The number of quaternary nitrogens is 1. The van der Waals surface area contributed by atoms with E-state index in [2.05, 4.69) is 5.32 Å². The van der Waals surface area contributed by atoms with E-state index in [1.165, 1.54) is 17.0 Å². The molecule has 21 heavy (non-hydrogen) atoms. The number of nitrogens with one attached hydrogen (secondary N) is 2. The van der Waals surface area contributed by atoms with E-state index in [0.717, 1.165) is 11.4 Å². The largest absolute Gasteiger partial charge is 0.325 e. The van der Waals surface area contributed by atoms with E-state index in [-0.39, 0.29) is 11.6 Å². The van der Waals surface area contributed by atoms with Crippen molar-refractivity contribution < 1.29 is 14.6 Å². The minimum Gasteiger partial charge on any atom is -0.325 e. The van der Waals surface area contributed by atoms with Crippen molar-refractivity contribution in [2.75, 3.05) is 18.9 Å². The summed E-state index contributed by atoms with van der Waals surface area (Å²) in [7, 11) is 1.94. The summed E-state index contributed by atoms with van der Waals surface area (Å²) < 4.78 is 0. The standard InChI is InChI=1S/C14H15N3O3S/c1-16(9-13-6-3-7-21-13)10-14(18)15-11-4-2-5-12(8-11)17(19)20/h2-8H,9-10H2,1H3,(H,15,18)/p+1. The zero-order valence-electron chi connectivity index (χ0n) is 11.5. The highest BCUT2D eigenvalue weighted by Gasteiger charge is 2.13. The van der Waals surface area contributed by atoms with Crippen LogP contribution in [0, 0.1) is 10.1 Å². The van der Waals surface area contributed by atoms with Gasteiger partial charge in [-0.3, -0.25) is 14.9 Å². The number of hydrogen-bond donors (Lipinski definition) is 2. The summed E-state index contributed by atoms with van der Waals surface area (Å²) in [5, 5.41) is 15.4. The number of hydrogen-bond acceptors (Lipinski definition) is 4. The van der Waals surface area contributed by atoms with Gasteiger partial charge in [0.15, 0.2) is 6.54 Å². The van der Waals surface area contributed by atoms with Crippen molar-refractivity contribution >= 4 is 28.6 Å².